The third kappa shape index (κ3) is 2.96. The quantitative estimate of drug-likeness (QED) is 0.821. The minimum atomic E-state index is 0.695. The van der Waals surface area contributed by atoms with E-state index < -0.39 is 0 Å². The fraction of sp³-hybridized carbons (Fsp3) is 0.429. The number of hydrogen-bond acceptors (Lipinski definition) is 4. The Morgan fingerprint density at radius 3 is 2.50 bits per heavy atom. The van der Waals surface area contributed by atoms with Crippen molar-refractivity contribution in [2.24, 2.45) is 5.73 Å². The molecule has 2 aromatic rings. The average molecular weight is 245 g/mol. The zero-order chi connectivity index (χ0) is 13.0. The summed E-state index contributed by atoms with van der Waals surface area (Å²) in [6.07, 6.45) is 1.97. The highest BCUT2D eigenvalue weighted by molar-refractivity contribution is 5.76. The molecule has 4 heteroatoms. The maximum absolute atomic E-state index is 5.66. The van der Waals surface area contributed by atoms with Gasteiger partial charge in [-0.25, -0.2) is 9.97 Å². The molecule has 0 saturated carbocycles. The lowest BCUT2D eigenvalue weighted by Gasteiger charge is -2.07. The molecule has 0 fully saturated rings. The van der Waals surface area contributed by atoms with Crippen molar-refractivity contribution >= 4 is 11.0 Å². The minimum absolute atomic E-state index is 0.695. The van der Waals surface area contributed by atoms with Crippen molar-refractivity contribution in [3.63, 3.8) is 0 Å². The van der Waals surface area contributed by atoms with Gasteiger partial charge in [0.25, 0.3) is 0 Å². The van der Waals surface area contributed by atoms with E-state index in [1.54, 1.807) is 0 Å². The van der Waals surface area contributed by atoms with Crippen LogP contribution in [0.3, 0.4) is 0 Å². The highest BCUT2D eigenvalue weighted by Gasteiger charge is 2.03. The molecule has 0 aliphatic heterocycles. The highest BCUT2D eigenvalue weighted by atomic mass is 16.5. The third-order valence-corrected chi connectivity index (χ3v) is 2.91. The van der Waals surface area contributed by atoms with Crippen LogP contribution in [0, 0.1) is 13.8 Å². The molecule has 0 atom stereocenters. The van der Waals surface area contributed by atoms with E-state index in [-0.39, 0.29) is 0 Å². The number of nitrogens with two attached hydrogens (primary N) is 1. The summed E-state index contributed by atoms with van der Waals surface area (Å²) in [6, 6.07) is 5.83. The first kappa shape index (κ1) is 12.8. The molecule has 18 heavy (non-hydrogen) atoms. The first-order chi connectivity index (χ1) is 8.70. The number of aromatic nitrogens is 2. The van der Waals surface area contributed by atoms with Gasteiger partial charge in [0.05, 0.1) is 29.0 Å². The smallest absolute Gasteiger partial charge is 0.121 e. The van der Waals surface area contributed by atoms with E-state index in [1.807, 2.05) is 32.0 Å². The predicted molar refractivity (Wildman–Crippen MR) is 72.8 cm³/mol. The SMILES string of the molecule is Cc1nc2ccc(OCCCCN)cc2nc1C. The Kier molecular flexibility index (Phi) is 4.10. The second-order valence-corrected chi connectivity index (χ2v) is 4.39. The lowest BCUT2D eigenvalue weighted by molar-refractivity contribution is 0.308. The van der Waals surface area contributed by atoms with E-state index in [0.717, 1.165) is 41.0 Å². The number of nitrogens with zero attached hydrogens (tertiary/aromatic N) is 2. The molecule has 2 N–H and O–H groups in total. The first-order valence-corrected chi connectivity index (χ1v) is 6.28. The lowest BCUT2D eigenvalue weighted by Crippen LogP contribution is -2.03. The molecule has 0 bridgehead atoms. The molecule has 0 saturated heterocycles. The summed E-state index contributed by atoms with van der Waals surface area (Å²) in [7, 11) is 0. The van der Waals surface area contributed by atoms with Crippen LogP contribution < -0.4 is 10.5 Å². The zero-order valence-electron chi connectivity index (χ0n) is 10.9. The molecule has 1 heterocycles. The molecule has 96 valence electrons. The molecule has 0 aliphatic carbocycles. The molecule has 0 aliphatic rings. The van der Waals surface area contributed by atoms with E-state index in [1.165, 1.54) is 0 Å². The molecule has 0 spiro atoms. The molecule has 2 rings (SSSR count). The Morgan fingerprint density at radius 2 is 1.78 bits per heavy atom. The normalized spacial score (nSPS) is 10.8. The molecule has 0 amide bonds. The fourth-order valence-electron chi connectivity index (χ4n) is 1.74. The van der Waals surface area contributed by atoms with Crippen LogP contribution in [0.1, 0.15) is 24.2 Å². The van der Waals surface area contributed by atoms with Gasteiger partial charge in [0.1, 0.15) is 5.75 Å². The maximum atomic E-state index is 5.66. The topological polar surface area (TPSA) is 61.0 Å². The van der Waals surface area contributed by atoms with E-state index >= 15 is 0 Å². The number of rotatable bonds is 5. The van der Waals surface area contributed by atoms with Crippen LogP contribution in [0.5, 0.6) is 5.75 Å². The Balaban J connectivity index is 2.14. The second-order valence-electron chi connectivity index (χ2n) is 4.39. The van der Waals surface area contributed by atoms with Gasteiger partial charge >= 0.3 is 0 Å². The highest BCUT2D eigenvalue weighted by Crippen LogP contribution is 2.19. The Hall–Kier alpha value is -1.68. The molecule has 4 nitrogen and oxygen atoms in total. The summed E-state index contributed by atoms with van der Waals surface area (Å²) >= 11 is 0. The first-order valence-electron chi connectivity index (χ1n) is 6.28. The monoisotopic (exact) mass is 245 g/mol. The zero-order valence-corrected chi connectivity index (χ0v) is 10.9. The standard InChI is InChI=1S/C14H19N3O/c1-10-11(2)17-14-9-12(5-6-13(14)16-10)18-8-4-3-7-15/h5-6,9H,3-4,7-8,15H2,1-2H3. The van der Waals surface area contributed by atoms with Crippen molar-refractivity contribution in [2.45, 2.75) is 26.7 Å². The summed E-state index contributed by atoms with van der Waals surface area (Å²) in [5.74, 6) is 0.845. The number of aryl methyl sites for hydroxylation is 2. The van der Waals surface area contributed by atoms with Gasteiger partial charge in [-0.2, -0.15) is 0 Å². The van der Waals surface area contributed by atoms with Crippen molar-refractivity contribution in [3.05, 3.63) is 29.6 Å². The third-order valence-electron chi connectivity index (χ3n) is 2.91. The Bertz CT molecular complexity index is 540. The van der Waals surface area contributed by atoms with Gasteiger partial charge in [-0.3, -0.25) is 0 Å². The Labute approximate surface area is 107 Å². The van der Waals surface area contributed by atoms with Gasteiger partial charge < -0.3 is 10.5 Å². The number of ether oxygens (including phenoxy) is 1. The van der Waals surface area contributed by atoms with Crippen LogP contribution in [0.2, 0.25) is 0 Å². The van der Waals surface area contributed by atoms with Crippen molar-refractivity contribution in [1.82, 2.24) is 9.97 Å². The van der Waals surface area contributed by atoms with E-state index in [4.69, 9.17) is 10.5 Å². The molecular weight excluding hydrogens is 226 g/mol. The van der Waals surface area contributed by atoms with Crippen LogP contribution in [0.15, 0.2) is 18.2 Å². The minimum Gasteiger partial charge on any atom is -0.494 e. The number of unbranched alkanes of at least 4 members (excludes halogenated alkanes) is 1. The van der Waals surface area contributed by atoms with Crippen molar-refractivity contribution < 1.29 is 4.74 Å². The van der Waals surface area contributed by atoms with Gasteiger partial charge in [0.2, 0.25) is 0 Å². The summed E-state index contributed by atoms with van der Waals surface area (Å²) < 4.78 is 5.66. The van der Waals surface area contributed by atoms with Crippen LogP contribution in [-0.4, -0.2) is 23.1 Å². The molecule has 1 aromatic carbocycles. The lowest BCUT2D eigenvalue weighted by atomic mass is 10.2. The molecule has 0 unspecified atom stereocenters. The number of hydrogen-bond donors (Lipinski definition) is 1. The van der Waals surface area contributed by atoms with Crippen LogP contribution in [0.25, 0.3) is 11.0 Å². The number of fused-ring (bicyclic) bond motifs is 1. The van der Waals surface area contributed by atoms with E-state index in [2.05, 4.69) is 9.97 Å². The van der Waals surface area contributed by atoms with E-state index in [0.29, 0.717) is 13.2 Å². The Morgan fingerprint density at radius 1 is 1.06 bits per heavy atom. The maximum Gasteiger partial charge on any atom is 0.121 e. The predicted octanol–water partition coefficient (Wildman–Crippen LogP) is 2.36. The molecule has 0 radical (unpaired) electrons. The largest absolute Gasteiger partial charge is 0.494 e. The van der Waals surface area contributed by atoms with Crippen molar-refractivity contribution in [1.29, 1.82) is 0 Å². The fourth-order valence-corrected chi connectivity index (χ4v) is 1.74. The van der Waals surface area contributed by atoms with Gasteiger partial charge in [0, 0.05) is 6.07 Å². The van der Waals surface area contributed by atoms with Gasteiger partial charge in [-0.1, -0.05) is 0 Å². The molecule has 1 aromatic heterocycles. The van der Waals surface area contributed by atoms with Gasteiger partial charge in [-0.15, -0.1) is 0 Å². The van der Waals surface area contributed by atoms with Crippen LogP contribution >= 0.6 is 0 Å². The van der Waals surface area contributed by atoms with Crippen molar-refractivity contribution in [3.8, 4) is 5.75 Å². The van der Waals surface area contributed by atoms with Crippen LogP contribution in [-0.2, 0) is 0 Å². The summed E-state index contributed by atoms with van der Waals surface area (Å²) in [4.78, 5) is 9.01. The average Bonchev–Trinajstić information content (AvgIpc) is 2.36. The number of benzene rings is 1. The summed E-state index contributed by atoms with van der Waals surface area (Å²) in [6.45, 7) is 5.35. The van der Waals surface area contributed by atoms with Gasteiger partial charge in [0.15, 0.2) is 0 Å². The summed E-state index contributed by atoms with van der Waals surface area (Å²) in [5.41, 5.74) is 9.17. The van der Waals surface area contributed by atoms with E-state index in [9.17, 15) is 0 Å². The molecular formula is C14H19N3O. The second kappa shape index (κ2) is 5.78. The van der Waals surface area contributed by atoms with Crippen LogP contribution in [0.4, 0.5) is 0 Å². The van der Waals surface area contributed by atoms with Crippen molar-refractivity contribution in [2.75, 3.05) is 13.2 Å². The van der Waals surface area contributed by atoms with Gasteiger partial charge in [-0.05, 0) is 45.4 Å². The summed E-state index contributed by atoms with van der Waals surface area (Å²) in [5, 5.41) is 0.